The normalized spacial score (nSPS) is 18.2. The molecule has 2 aromatic heterocycles. The zero-order chi connectivity index (χ0) is 22.7. The van der Waals surface area contributed by atoms with Gasteiger partial charge < -0.3 is 4.57 Å². The number of carbonyl (C=O) groups excluding carboxylic acids is 1. The van der Waals surface area contributed by atoms with E-state index in [0.717, 1.165) is 22.2 Å². The van der Waals surface area contributed by atoms with Gasteiger partial charge >= 0.3 is 0 Å². The largest absolute Gasteiger partial charge is 0.333 e. The van der Waals surface area contributed by atoms with Crippen LogP contribution in [0.25, 0.3) is 21.8 Å². The van der Waals surface area contributed by atoms with Crippen LogP contribution in [0, 0.1) is 11.7 Å². The number of aromatic nitrogens is 4. The highest BCUT2D eigenvalue weighted by atomic mass is 35.5. The standard InChI is InChI=1S/C25H20ClN5OS/c1-15-8-2-3-9-16(15)23-22(26)24(32)31(23)30-21(27-28-25(30)33)14-29-19-12-6-4-10-17(19)18-11-5-7-13-20(18)29/h2-13,22-23H,14H2,1H3,(H,28,33). The molecule has 1 saturated heterocycles. The fourth-order valence-corrected chi connectivity index (χ4v) is 5.42. The van der Waals surface area contributed by atoms with E-state index in [1.54, 1.807) is 9.69 Å². The summed E-state index contributed by atoms with van der Waals surface area (Å²) >= 11 is 12.1. The molecule has 33 heavy (non-hydrogen) atoms. The van der Waals surface area contributed by atoms with E-state index in [1.807, 2.05) is 55.5 Å². The summed E-state index contributed by atoms with van der Waals surface area (Å²) in [7, 11) is 0. The van der Waals surface area contributed by atoms with E-state index < -0.39 is 5.38 Å². The van der Waals surface area contributed by atoms with Gasteiger partial charge in [0, 0.05) is 21.8 Å². The first-order valence-electron chi connectivity index (χ1n) is 10.7. The van der Waals surface area contributed by atoms with Crippen LogP contribution in [0.15, 0.2) is 72.8 Å². The molecule has 0 spiro atoms. The van der Waals surface area contributed by atoms with Gasteiger partial charge in [0.05, 0.1) is 6.54 Å². The summed E-state index contributed by atoms with van der Waals surface area (Å²) in [6.45, 7) is 2.46. The molecule has 1 N–H and O–H groups in total. The van der Waals surface area contributed by atoms with Crippen LogP contribution in [0.1, 0.15) is 23.0 Å². The quantitative estimate of drug-likeness (QED) is 0.221. The number of rotatable bonds is 4. The summed E-state index contributed by atoms with van der Waals surface area (Å²) in [4.78, 5) is 13.0. The van der Waals surface area contributed by atoms with Gasteiger partial charge in [-0.25, -0.2) is 9.69 Å². The number of alkyl halides is 1. The first kappa shape index (κ1) is 20.2. The van der Waals surface area contributed by atoms with Gasteiger partial charge in [-0.1, -0.05) is 60.7 Å². The number of H-pyrrole nitrogens is 1. The number of hydrogen-bond donors (Lipinski definition) is 1. The molecule has 3 aromatic carbocycles. The maximum Gasteiger partial charge on any atom is 0.262 e. The Morgan fingerprint density at radius 2 is 1.58 bits per heavy atom. The highest BCUT2D eigenvalue weighted by Crippen LogP contribution is 2.39. The molecule has 6 rings (SSSR count). The number of nitrogens with zero attached hydrogens (tertiary/aromatic N) is 4. The highest BCUT2D eigenvalue weighted by molar-refractivity contribution is 7.71. The molecule has 1 amide bonds. The van der Waals surface area contributed by atoms with Crippen molar-refractivity contribution in [3.8, 4) is 0 Å². The van der Waals surface area contributed by atoms with Crippen molar-refractivity contribution in [3.05, 3.63) is 94.5 Å². The first-order chi connectivity index (χ1) is 16.1. The van der Waals surface area contributed by atoms with Gasteiger partial charge in [-0.05, 0) is 42.4 Å². The Labute approximate surface area is 200 Å². The molecule has 3 heterocycles. The Morgan fingerprint density at radius 3 is 2.24 bits per heavy atom. The fourth-order valence-electron chi connectivity index (χ4n) is 4.84. The maximum atomic E-state index is 13.0. The Balaban J connectivity index is 1.49. The number of β-lactam (4-membered cyclic amide) rings is 1. The molecule has 1 fully saturated rings. The first-order valence-corrected chi connectivity index (χ1v) is 11.6. The van der Waals surface area contributed by atoms with Crippen molar-refractivity contribution in [2.45, 2.75) is 24.9 Å². The van der Waals surface area contributed by atoms with E-state index in [9.17, 15) is 4.79 Å². The van der Waals surface area contributed by atoms with E-state index in [1.165, 1.54) is 10.8 Å². The number of aryl methyl sites for hydroxylation is 1. The van der Waals surface area contributed by atoms with E-state index in [2.05, 4.69) is 39.0 Å². The highest BCUT2D eigenvalue weighted by Gasteiger charge is 2.50. The van der Waals surface area contributed by atoms with Gasteiger partial charge in [0.25, 0.3) is 5.91 Å². The van der Waals surface area contributed by atoms with Crippen molar-refractivity contribution in [1.82, 2.24) is 19.4 Å². The average molecular weight is 474 g/mol. The van der Waals surface area contributed by atoms with Crippen molar-refractivity contribution >= 4 is 51.5 Å². The number of carbonyl (C=O) groups is 1. The van der Waals surface area contributed by atoms with Crippen LogP contribution < -0.4 is 5.01 Å². The van der Waals surface area contributed by atoms with Crippen molar-refractivity contribution < 1.29 is 4.79 Å². The van der Waals surface area contributed by atoms with E-state index >= 15 is 0 Å². The Morgan fingerprint density at radius 1 is 0.970 bits per heavy atom. The summed E-state index contributed by atoms with van der Waals surface area (Å²) in [5.41, 5.74) is 4.27. The minimum absolute atomic E-state index is 0.189. The molecule has 1 aliphatic heterocycles. The minimum Gasteiger partial charge on any atom is -0.333 e. The molecule has 0 bridgehead atoms. The lowest BCUT2D eigenvalue weighted by Crippen LogP contribution is -2.62. The van der Waals surface area contributed by atoms with Crippen LogP contribution in [0.4, 0.5) is 0 Å². The SMILES string of the molecule is Cc1ccccc1C1C(Cl)C(=O)N1n1c(Cn2c3ccccc3c3ccccc32)n[nH]c1=S. The maximum absolute atomic E-state index is 13.0. The molecule has 8 heteroatoms. The number of amides is 1. The van der Waals surface area contributed by atoms with Crippen molar-refractivity contribution in [2.24, 2.45) is 0 Å². The topological polar surface area (TPSA) is 58.9 Å². The van der Waals surface area contributed by atoms with Crippen molar-refractivity contribution in [1.29, 1.82) is 0 Å². The molecule has 1 aliphatic rings. The Hall–Kier alpha value is -3.42. The third kappa shape index (κ3) is 2.96. The average Bonchev–Trinajstić information content (AvgIpc) is 3.35. The second-order valence-corrected chi connectivity index (χ2v) is 9.12. The zero-order valence-electron chi connectivity index (χ0n) is 17.8. The minimum atomic E-state index is -0.649. The lowest BCUT2D eigenvalue weighted by atomic mass is 9.92. The van der Waals surface area contributed by atoms with Gasteiger partial charge in [-0.2, -0.15) is 5.10 Å². The molecule has 0 saturated carbocycles. The molecular formula is C25H20ClN5OS. The number of para-hydroxylation sites is 2. The molecule has 164 valence electrons. The summed E-state index contributed by atoms with van der Waals surface area (Å²) < 4.78 is 4.27. The monoisotopic (exact) mass is 473 g/mol. The molecule has 0 radical (unpaired) electrons. The zero-order valence-corrected chi connectivity index (χ0v) is 19.3. The van der Waals surface area contributed by atoms with Crippen LogP contribution in [-0.2, 0) is 11.3 Å². The number of nitrogens with one attached hydrogen (secondary N) is 1. The van der Waals surface area contributed by atoms with Gasteiger partial charge in [-0.3, -0.25) is 9.89 Å². The Bertz CT molecular complexity index is 1550. The summed E-state index contributed by atoms with van der Waals surface area (Å²) in [5.74, 6) is 0.452. The number of halogens is 1. The molecule has 6 nitrogen and oxygen atoms in total. The second kappa shape index (κ2) is 7.57. The predicted octanol–water partition coefficient (Wildman–Crippen LogP) is 5.23. The van der Waals surface area contributed by atoms with E-state index in [-0.39, 0.29) is 11.9 Å². The van der Waals surface area contributed by atoms with Crippen LogP contribution in [0.2, 0.25) is 0 Å². The van der Waals surface area contributed by atoms with Crippen molar-refractivity contribution in [2.75, 3.05) is 5.01 Å². The van der Waals surface area contributed by atoms with Gasteiger partial charge in [0.15, 0.2) is 5.82 Å². The summed E-state index contributed by atoms with van der Waals surface area (Å²) in [6.07, 6.45) is 0. The van der Waals surface area contributed by atoms with Gasteiger partial charge in [0.2, 0.25) is 4.77 Å². The van der Waals surface area contributed by atoms with E-state index in [0.29, 0.717) is 17.1 Å². The third-order valence-corrected chi connectivity index (χ3v) is 7.11. The Kier molecular flexibility index (Phi) is 4.64. The second-order valence-electron chi connectivity index (χ2n) is 8.26. The lowest BCUT2D eigenvalue weighted by Gasteiger charge is -2.45. The number of aromatic amines is 1. The third-order valence-electron chi connectivity index (χ3n) is 6.42. The van der Waals surface area contributed by atoms with E-state index in [4.69, 9.17) is 23.8 Å². The van der Waals surface area contributed by atoms with Crippen LogP contribution >= 0.6 is 23.8 Å². The summed E-state index contributed by atoms with van der Waals surface area (Å²) in [5, 5.41) is 10.7. The lowest BCUT2D eigenvalue weighted by molar-refractivity contribution is -0.126. The van der Waals surface area contributed by atoms with Crippen LogP contribution in [0.5, 0.6) is 0 Å². The molecule has 0 aliphatic carbocycles. The smallest absolute Gasteiger partial charge is 0.262 e. The molecule has 5 aromatic rings. The van der Waals surface area contributed by atoms with Gasteiger partial charge in [-0.15, -0.1) is 11.6 Å². The molecule has 2 atom stereocenters. The number of hydrogen-bond acceptors (Lipinski definition) is 3. The van der Waals surface area contributed by atoms with Crippen molar-refractivity contribution in [3.63, 3.8) is 0 Å². The molecular weight excluding hydrogens is 454 g/mol. The van der Waals surface area contributed by atoms with Gasteiger partial charge in [0.1, 0.15) is 11.4 Å². The predicted molar refractivity (Wildman–Crippen MR) is 133 cm³/mol. The fraction of sp³-hybridized carbons (Fsp3) is 0.160. The number of benzene rings is 3. The van der Waals surface area contributed by atoms with Crippen LogP contribution in [0.3, 0.4) is 0 Å². The number of fused-ring (bicyclic) bond motifs is 3. The van der Waals surface area contributed by atoms with Crippen LogP contribution in [-0.4, -0.2) is 30.7 Å². The summed E-state index contributed by atoms with van der Waals surface area (Å²) in [6, 6.07) is 24.2. The molecule has 2 unspecified atom stereocenters.